The van der Waals surface area contributed by atoms with Crippen LogP contribution in [0.5, 0.6) is 5.75 Å². The molecular weight excluding hydrogens is 342 g/mol. The van der Waals surface area contributed by atoms with Crippen LogP contribution in [0.25, 0.3) is 0 Å². The first-order valence-corrected chi connectivity index (χ1v) is 8.01. The van der Waals surface area contributed by atoms with E-state index in [0.717, 1.165) is 29.5 Å². The Bertz CT molecular complexity index is 818. The quantitative estimate of drug-likeness (QED) is 0.496. The van der Waals surface area contributed by atoms with Gasteiger partial charge in [-0.25, -0.2) is 13.4 Å². The molecule has 1 heterocycles. The molecule has 0 spiro atoms. The van der Waals surface area contributed by atoms with Crippen LogP contribution in [0.3, 0.4) is 0 Å². The summed E-state index contributed by atoms with van der Waals surface area (Å²) in [7, 11) is -3.99. The number of anilines is 1. The Balaban J connectivity index is 2.37. The minimum absolute atomic E-state index is 0.0702. The molecule has 0 unspecified atom stereocenters. The molecule has 0 saturated heterocycles. The number of thiazole rings is 1. The van der Waals surface area contributed by atoms with Gasteiger partial charge in [-0.3, -0.25) is 14.8 Å². The van der Waals surface area contributed by atoms with E-state index in [-0.39, 0.29) is 25.7 Å². The van der Waals surface area contributed by atoms with Gasteiger partial charge in [0.1, 0.15) is 5.75 Å². The lowest BCUT2D eigenvalue weighted by Gasteiger charge is -2.08. The van der Waals surface area contributed by atoms with E-state index in [4.69, 9.17) is 11.6 Å². The summed E-state index contributed by atoms with van der Waals surface area (Å²) in [6, 6.07) is 3.03. The summed E-state index contributed by atoms with van der Waals surface area (Å²) in [5.41, 5.74) is -0.309. The molecule has 1 aromatic carbocycles. The maximum Gasteiger partial charge on any atom is 0.273 e. The number of phenolic OH excluding ortho intramolecular Hbond substituents is 1. The molecule has 0 aliphatic rings. The van der Waals surface area contributed by atoms with Crippen molar-refractivity contribution in [1.29, 1.82) is 0 Å². The number of nitro benzene ring substituents is 1. The average molecular weight is 350 g/mol. The lowest BCUT2D eigenvalue weighted by atomic mass is 10.3. The predicted molar refractivity (Wildman–Crippen MR) is 77.4 cm³/mol. The molecular formula is C10H8ClN3O5S2. The van der Waals surface area contributed by atoms with Gasteiger partial charge in [0.15, 0.2) is 8.68 Å². The molecule has 2 rings (SSSR count). The fourth-order valence-corrected chi connectivity index (χ4v) is 4.33. The van der Waals surface area contributed by atoms with Gasteiger partial charge in [-0.1, -0.05) is 22.9 Å². The summed E-state index contributed by atoms with van der Waals surface area (Å²) >= 11 is 6.42. The number of benzene rings is 1. The van der Waals surface area contributed by atoms with Gasteiger partial charge in [-0.2, -0.15) is 0 Å². The van der Waals surface area contributed by atoms with Crippen LogP contribution in [0.1, 0.15) is 5.69 Å². The zero-order valence-electron chi connectivity index (χ0n) is 10.4. The zero-order valence-corrected chi connectivity index (χ0v) is 12.8. The normalized spacial score (nSPS) is 11.3. The van der Waals surface area contributed by atoms with Crippen molar-refractivity contribution in [2.75, 3.05) is 4.72 Å². The fraction of sp³-hybridized carbons (Fsp3) is 0.100. The van der Waals surface area contributed by atoms with Crippen molar-refractivity contribution in [1.82, 2.24) is 4.98 Å². The second-order valence-electron chi connectivity index (χ2n) is 3.90. The Morgan fingerprint density at radius 2 is 2.14 bits per heavy atom. The van der Waals surface area contributed by atoms with E-state index < -0.39 is 20.7 Å². The topological polar surface area (TPSA) is 122 Å². The van der Waals surface area contributed by atoms with Gasteiger partial charge in [0, 0.05) is 6.07 Å². The molecule has 0 amide bonds. The molecule has 0 fully saturated rings. The largest absolute Gasteiger partial charge is 0.505 e. The van der Waals surface area contributed by atoms with E-state index in [1.54, 1.807) is 0 Å². The summed E-state index contributed by atoms with van der Waals surface area (Å²) in [6.45, 7) is 1.48. The highest BCUT2D eigenvalue weighted by atomic mass is 35.5. The van der Waals surface area contributed by atoms with Crippen molar-refractivity contribution in [2.24, 2.45) is 0 Å². The molecule has 1 aromatic heterocycles. The lowest BCUT2D eigenvalue weighted by Crippen LogP contribution is -2.12. The number of hydrogen-bond acceptors (Lipinski definition) is 7. The van der Waals surface area contributed by atoms with E-state index >= 15 is 0 Å². The molecule has 21 heavy (non-hydrogen) atoms. The monoisotopic (exact) mass is 349 g/mol. The van der Waals surface area contributed by atoms with Gasteiger partial charge in [-0.05, 0) is 13.0 Å². The molecule has 0 atom stereocenters. The number of hydrogen-bond donors (Lipinski definition) is 2. The van der Waals surface area contributed by atoms with E-state index in [1.807, 2.05) is 0 Å². The average Bonchev–Trinajstić information content (AvgIpc) is 2.71. The maximum atomic E-state index is 12.2. The first kappa shape index (κ1) is 15.5. The Labute approximate surface area is 128 Å². The van der Waals surface area contributed by atoms with Crippen LogP contribution >= 0.6 is 22.9 Å². The third-order valence-electron chi connectivity index (χ3n) is 2.41. The van der Waals surface area contributed by atoms with Gasteiger partial charge >= 0.3 is 0 Å². The highest BCUT2D eigenvalue weighted by molar-refractivity contribution is 7.94. The number of non-ortho nitro benzene ring substituents is 1. The van der Waals surface area contributed by atoms with Crippen LogP contribution in [-0.2, 0) is 10.0 Å². The smallest absolute Gasteiger partial charge is 0.273 e. The molecule has 2 aromatic rings. The molecule has 0 aliphatic heterocycles. The number of nitrogens with one attached hydrogen (secondary N) is 1. The van der Waals surface area contributed by atoms with Gasteiger partial charge in [0.25, 0.3) is 15.7 Å². The molecule has 2 N–H and O–H groups in total. The van der Waals surface area contributed by atoms with Crippen LogP contribution in [0.15, 0.2) is 22.4 Å². The van der Waals surface area contributed by atoms with Crippen molar-refractivity contribution in [3.05, 3.63) is 38.5 Å². The maximum absolute atomic E-state index is 12.2. The van der Waals surface area contributed by atoms with Crippen LogP contribution in [0.4, 0.5) is 11.4 Å². The molecule has 0 bridgehead atoms. The Hall–Kier alpha value is -1.91. The van der Waals surface area contributed by atoms with E-state index in [1.165, 1.54) is 6.92 Å². The fourth-order valence-electron chi connectivity index (χ4n) is 1.51. The van der Waals surface area contributed by atoms with E-state index in [2.05, 4.69) is 9.71 Å². The number of phenols is 1. The summed E-state index contributed by atoms with van der Waals surface area (Å²) in [5.74, 6) is -0.555. The first-order valence-electron chi connectivity index (χ1n) is 5.34. The van der Waals surface area contributed by atoms with Crippen LogP contribution in [0, 0.1) is 17.0 Å². The van der Waals surface area contributed by atoms with Crippen LogP contribution in [-0.4, -0.2) is 23.4 Å². The van der Waals surface area contributed by atoms with Gasteiger partial charge in [0.05, 0.1) is 22.4 Å². The SMILES string of the molecule is Cc1nc(Cl)sc1S(=O)(=O)Nc1ccc([N+](=O)[O-])cc1O. The minimum atomic E-state index is -3.99. The van der Waals surface area contributed by atoms with Crippen LogP contribution < -0.4 is 4.72 Å². The van der Waals surface area contributed by atoms with Gasteiger partial charge in [0.2, 0.25) is 0 Å². The number of sulfonamides is 1. The summed E-state index contributed by atoms with van der Waals surface area (Å²) < 4.78 is 26.4. The lowest BCUT2D eigenvalue weighted by molar-refractivity contribution is -0.384. The summed E-state index contributed by atoms with van der Waals surface area (Å²) in [4.78, 5) is 13.6. The minimum Gasteiger partial charge on any atom is -0.505 e. The van der Waals surface area contributed by atoms with Crippen LogP contribution in [0.2, 0.25) is 4.47 Å². The number of nitro groups is 1. The zero-order chi connectivity index (χ0) is 15.8. The predicted octanol–water partition coefficient (Wildman–Crippen LogP) is 2.52. The molecule has 112 valence electrons. The van der Waals surface area contributed by atoms with Crippen molar-refractivity contribution in [2.45, 2.75) is 11.1 Å². The second-order valence-corrected chi connectivity index (χ2v) is 7.36. The molecule has 0 radical (unpaired) electrons. The standard InChI is InChI=1S/C10H8ClN3O5S2/c1-5-9(20-10(11)12-5)21(18,19)13-7-3-2-6(14(16)17)4-8(7)15/h2-4,13,15H,1H3. The highest BCUT2D eigenvalue weighted by Gasteiger charge is 2.23. The van der Waals surface area contributed by atoms with E-state index in [9.17, 15) is 23.6 Å². The van der Waals surface area contributed by atoms with E-state index in [0.29, 0.717) is 0 Å². The number of aromatic hydroxyl groups is 1. The molecule has 11 heteroatoms. The Kier molecular flexibility index (Phi) is 4.03. The van der Waals surface area contributed by atoms with Gasteiger partial charge < -0.3 is 5.11 Å². The molecule has 8 nitrogen and oxygen atoms in total. The Morgan fingerprint density at radius 3 is 2.62 bits per heavy atom. The third kappa shape index (κ3) is 3.23. The summed E-state index contributed by atoms with van der Waals surface area (Å²) in [6.07, 6.45) is 0. The Morgan fingerprint density at radius 1 is 1.48 bits per heavy atom. The molecule has 0 saturated carbocycles. The number of aromatic nitrogens is 1. The first-order chi connectivity index (χ1) is 9.70. The number of aryl methyl sites for hydroxylation is 1. The number of halogens is 1. The van der Waals surface area contributed by atoms with Gasteiger partial charge in [-0.15, -0.1) is 0 Å². The summed E-state index contributed by atoms with van der Waals surface area (Å²) in [5, 5.41) is 20.2. The third-order valence-corrected chi connectivity index (χ3v) is 5.65. The molecule has 0 aliphatic carbocycles. The van der Waals surface area contributed by atoms with Crippen molar-refractivity contribution in [3.8, 4) is 5.75 Å². The highest BCUT2D eigenvalue weighted by Crippen LogP contribution is 2.32. The van der Waals surface area contributed by atoms with Crippen molar-refractivity contribution in [3.63, 3.8) is 0 Å². The number of nitrogens with zero attached hydrogens (tertiary/aromatic N) is 2. The second kappa shape index (κ2) is 5.47. The van der Waals surface area contributed by atoms with Crippen molar-refractivity contribution < 1.29 is 18.4 Å². The van der Waals surface area contributed by atoms with Crippen molar-refractivity contribution >= 4 is 44.3 Å². The number of rotatable bonds is 4.